The molecule has 3 heteroatoms. The van der Waals surface area contributed by atoms with Gasteiger partial charge >= 0.3 is 0 Å². The van der Waals surface area contributed by atoms with E-state index < -0.39 is 0 Å². The van der Waals surface area contributed by atoms with E-state index in [0.29, 0.717) is 24.3 Å². The molecule has 0 spiro atoms. The van der Waals surface area contributed by atoms with E-state index in [9.17, 15) is 4.39 Å². The highest BCUT2D eigenvalue weighted by Crippen LogP contribution is 2.28. The van der Waals surface area contributed by atoms with Crippen LogP contribution in [0.15, 0.2) is 18.2 Å². The number of ether oxygens (including phenoxy) is 1. The van der Waals surface area contributed by atoms with Crippen molar-refractivity contribution >= 4 is 5.69 Å². The summed E-state index contributed by atoms with van der Waals surface area (Å²) in [6.07, 6.45) is 3.35. The summed E-state index contributed by atoms with van der Waals surface area (Å²) in [5, 5.41) is 3.48. The summed E-state index contributed by atoms with van der Waals surface area (Å²) < 4.78 is 18.7. The molecule has 19 heavy (non-hydrogen) atoms. The maximum Gasteiger partial charge on any atom is 0.145 e. The molecule has 0 aromatic heterocycles. The van der Waals surface area contributed by atoms with Gasteiger partial charge < -0.3 is 10.1 Å². The molecule has 0 fully saturated rings. The molecule has 0 bridgehead atoms. The van der Waals surface area contributed by atoms with E-state index in [1.54, 1.807) is 6.07 Å². The lowest BCUT2D eigenvalue weighted by Gasteiger charge is -2.23. The van der Waals surface area contributed by atoms with Gasteiger partial charge in [0.05, 0.1) is 12.3 Å². The predicted octanol–water partition coefficient (Wildman–Crippen LogP) is 4.85. The number of hydrogen-bond acceptors (Lipinski definition) is 2. The Balaban J connectivity index is 2.78. The molecule has 0 radical (unpaired) electrons. The summed E-state index contributed by atoms with van der Waals surface area (Å²) in [4.78, 5) is 0. The first kappa shape index (κ1) is 15.8. The zero-order chi connectivity index (χ0) is 14.3. The summed E-state index contributed by atoms with van der Waals surface area (Å²) in [5.74, 6) is 1.03. The normalized spacial score (nSPS) is 13.9. The highest BCUT2D eigenvalue weighted by Gasteiger charge is 2.13. The average Bonchev–Trinajstić information content (AvgIpc) is 2.40. The predicted molar refractivity (Wildman–Crippen MR) is 79.3 cm³/mol. The molecule has 1 aromatic rings. The van der Waals surface area contributed by atoms with Crippen LogP contribution in [0, 0.1) is 11.7 Å². The van der Waals surface area contributed by atoms with Crippen LogP contribution in [0.1, 0.15) is 47.0 Å². The fraction of sp³-hybridized carbons (Fsp3) is 0.625. The topological polar surface area (TPSA) is 21.3 Å². The number of halogens is 1. The second kappa shape index (κ2) is 8.03. The lowest BCUT2D eigenvalue weighted by Crippen LogP contribution is -2.21. The quantitative estimate of drug-likeness (QED) is 0.727. The Morgan fingerprint density at radius 1 is 1.21 bits per heavy atom. The van der Waals surface area contributed by atoms with Crippen LogP contribution in [0.4, 0.5) is 10.1 Å². The van der Waals surface area contributed by atoms with Gasteiger partial charge in [-0.2, -0.15) is 0 Å². The van der Waals surface area contributed by atoms with Crippen LogP contribution in [0.2, 0.25) is 0 Å². The van der Waals surface area contributed by atoms with Crippen molar-refractivity contribution in [2.75, 3.05) is 11.9 Å². The minimum absolute atomic E-state index is 0.260. The first-order valence-electron chi connectivity index (χ1n) is 7.29. The molecule has 2 atom stereocenters. The van der Waals surface area contributed by atoms with Crippen molar-refractivity contribution in [1.82, 2.24) is 0 Å². The third-order valence-electron chi connectivity index (χ3n) is 3.48. The van der Waals surface area contributed by atoms with E-state index in [1.165, 1.54) is 18.6 Å². The van der Waals surface area contributed by atoms with Crippen LogP contribution >= 0.6 is 0 Å². The van der Waals surface area contributed by atoms with Crippen LogP contribution in [-0.2, 0) is 0 Å². The lowest BCUT2D eigenvalue weighted by atomic mass is 9.97. The number of rotatable bonds is 8. The Hall–Kier alpha value is -1.25. The van der Waals surface area contributed by atoms with Crippen LogP contribution in [0.5, 0.6) is 5.75 Å². The maximum atomic E-state index is 13.2. The molecule has 0 aliphatic carbocycles. The second-order valence-corrected chi connectivity index (χ2v) is 5.07. The molecule has 108 valence electrons. The number of benzene rings is 1. The molecule has 1 N–H and O–H groups in total. The smallest absolute Gasteiger partial charge is 0.145 e. The Bertz CT molecular complexity index is 381. The third kappa shape index (κ3) is 5.09. The summed E-state index contributed by atoms with van der Waals surface area (Å²) in [5.41, 5.74) is 0.887. The fourth-order valence-corrected chi connectivity index (χ4v) is 2.09. The first-order valence-corrected chi connectivity index (χ1v) is 7.29. The van der Waals surface area contributed by atoms with Crippen molar-refractivity contribution in [1.29, 1.82) is 0 Å². The summed E-state index contributed by atoms with van der Waals surface area (Å²) in [6.45, 7) is 9.09. The lowest BCUT2D eigenvalue weighted by molar-refractivity contribution is 0.339. The van der Waals surface area contributed by atoms with Gasteiger partial charge in [-0.3, -0.25) is 0 Å². The third-order valence-corrected chi connectivity index (χ3v) is 3.48. The Morgan fingerprint density at radius 3 is 2.53 bits per heavy atom. The molecule has 0 aliphatic heterocycles. The zero-order valence-electron chi connectivity index (χ0n) is 12.5. The van der Waals surface area contributed by atoms with Gasteiger partial charge in [-0.25, -0.2) is 4.39 Å². The molecule has 0 aliphatic rings. The minimum atomic E-state index is -0.260. The number of anilines is 1. The fourth-order valence-electron chi connectivity index (χ4n) is 2.09. The molecule has 0 heterocycles. The Morgan fingerprint density at radius 2 is 1.95 bits per heavy atom. The molecular formula is C16H26FNO. The van der Waals surface area contributed by atoms with E-state index in [-0.39, 0.29) is 5.82 Å². The van der Waals surface area contributed by atoms with Crippen molar-refractivity contribution in [2.45, 2.75) is 53.0 Å². The van der Waals surface area contributed by atoms with E-state index >= 15 is 0 Å². The minimum Gasteiger partial charge on any atom is -0.492 e. The Kier molecular flexibility index (Phi) is 6.68. The Labute approximate surface area is 116 Å². The van der Waals surface area contributed by atoms with Crippen molar-refractivity contribution in [3.05, 3.63) is 24.0 Å². The van der Waals surface area contributed by atoms with Gasteiger partial charge in [0.25, 0.3) is 0 Å². The first-order chi connectivity index (χ1) is 9.10. The van der Waals surface area contributed by atoms with E-state index in [0.717, 1.165) is 18.5 Å². The van der Waals surface area contributed by atoms with Gasteiger partial charge in [0.15, 0.2) is 0 Å². The van der Waals surface area contributed by atoms with Gasteiger partial charge in [0.1, 0.15) is 11.6 Å². The number of hydrogen-bond donors (Lipinski definition) is 1. The van der Waals surface area contributed by atoms with Gasteiger partial charge in [-0.1, -0.05) is 27.2 Å². The summed E-state index contributed by atoms with van der Waals surface area (Å²) in [6, 6.07) is 5.09. The van der Waals surface area contributed by atoms with Crippen LogP contribution < -0.4 is 10.1 Å². The molecule has 2 unspecified atom stereocenters. The maximum absolute atomic E-state index is 13.2. The monoisotopic (exact) mass is 267 g/mol. The average molecular weight is 267 g/mol. The van der Waals surface area contributed by atoms with Gasteiger partial charge in [0, 0.05) is 12.1 Å². The zero-order valence-corrected chi connectivity index (χ0v) is 12.5. The van der Waals surface area contributed by atoms with E-state index in [1.807, 2.05) is 6.92 Å². The molecule has 1 aromatic carbocycles. The number of nitrogens with one attached hydrogen (secondary N) is 1. The van der Waals surface area contributed by atoms with Crippen LogP contribution in [0.25, 0.3) is 0 Å². The molecule has 0 amide bonds. The summed E-state index contributed by atoms with van der Waals surface area (Å²) in [7, 11) is 0. The molecule has 1 rings (SSSR count). The molecular weight excluding hydrogens is 241 g/mol. The highest BCUT2D eigenvalue weighted by molar-refractivity contribution is 5.57. The molecule has 0 saturated heterocycles. The van der Waals surface area contributed by atoms with Gasteiger partial charge in [-0.15, -0.1) is 0 Å². The van der Waals surface area contributed by atoms with Crippen LogP contribution in [-0.4, -0.2) is 12.6 Å². The van der Waals surface area contributed by atoms with E-state index in [2.05, 4.69) is 26.1 Å². The largest absolute Gasteiger partial charge is 0.492 e. The molecule has 0 saturated carbocycles. The highest BCUT2D eigenvalue weighted by atomic mass is 19.1. The van der Waals surface area contributed by atoms with Crippen molar-refractivity contribution in [3.8, 4) is 5.75 Å². The van der Waals surface area contributed by atoms with E-state index in [4.69, 9.17) is 4.74 Å². The molecule has 2 nitrogen and oxygen atoms in total. The van der Waals surface area contributed by atoms with Crippen LogP contribution in [0.3, 0.4) is 0 Å². The van der Waals surface area contributed by atoms with Crippen molar-refractivity contribution < 1.29 is 9.13 Å². The van der Waals surface area contributed by atoms with Gasteiger partial charge in [-0.05, 0) is 37.8 Å². The second-order valence-electron chi connectivity index (χ2n) is 5.07. The van der Waals surface area contributed by atoms with Crippen molar-refractivity contribution in [3.63, 3.8) is 0 Å². The van der Waals surface area contributed by atoms with Crippen molar-refractivity contribution in [2.24, 2.45) is 5.92 Å². The summed E-state index contributed by atoms with van der Waals surface area (Å²) >= 11 is 0. The van der Waals surface area contributed by atoms with Gasteiger partial charge in [0.2, 0.25) is 0 Å². The SMILES string of the molecule is CCOc1cc(F)ccc1NC(CC)CC(C)CC. The standard InChI is InChI=1S/C16H26FNO/c1-5-12(4)10-14(6-2)18-15-9-8-13(17)11-16(15)19-7-3/h8-9,11-12,14,18H,5-7,10H2,1-4H3.